The normalized spacial score (nSPS) is 16.0. The lowest BCUT2D eigenvalue weighted by Crippen LogP contribution is -2.37. The van der Waals surface area contributed by atoms with Gasteiger partial charge < -0.3 is 9.64 Å². The molecule has 2 rings (SSSR count). The van der Waals surface area contributed by atoms with Crippen LogP contribution in [0.2, 0.25) is 0 Å². The molecule has 25 heavy (non-hydrogen) atoms. The van der Waals surface area contributed by atoms with Gasteiger partial charge in [0.2, 0.25) is 0 Å². The van der Waals surface area contributed by atoms with Crippen LogP contribution in [0.1, 0.15) is 48.0 Å². The number of hydrogen-bond acceptors (Lipinski definition) is 5. The molecule has 0 unspecified atom stereocenters. The zero-order valence-electron chi connectivity index (χ0n) is 14.8. The summed E-state index contributed by atoms with van der Waals surface area (Å²) in [4.78, 5) is 26.3. The van der Waals surface area contributed by atoms with E-state index in [1.54, 1.807) is 17.9 Å². The maximum atomic E-state index is 12.3. The maximum absolute atomic E-state index is 12.3. The lowest BCUT2D eigenvalue weighted by Gasteiger charge is -2.24. The fraction of sp³-hybridized carbons (Fsp3) is 0.556. The Kier molecular flexibility index (Phi) is 6.58. The fourth-order valence-corrected chi connectivity index (χ4v) is 3.49. The topological polar surface area (TPSA) is 80.7 Å². The molecule has 0 aromatic heterocycles. The molecule has 0 bridgehead atoms. The molecule has 1 aliphatic heterocycles. The van der Waals surface area contributed by atoms with Crippen LogP contribution in [0.15, 0.2) is 23.1 Å². The van der Waals surface area contributed by atoms with Gasteiger partial charge in [-0.25, -0.2) is 13.2 Å². The Morgan fingerprint density at radius 1 is 1.08 bits per heavy atom. The van der Waals surface area contributed by atoms with Crippen LogP contribution >= 0.6 is 0 Å². The second-order valence-corrected chi connectivity index (χ2v) is 8.49. The molecule has 0 atom stereocenters. The van der Waals surface area contributed by atoms with Crippen molar-refractivity contribution in [3.8, 4) is 0 Å². The number of benzene rings is 1. The van der Waals surface area contributed by atoms with E-state index in [9.17, 15) is 18.0 Å². The summed E-state index contributed by atoms with van der Waals surface area (Å²) in [5, 5.41) is 0. The minimum absolute atomic E-state index is 0.0557. The van der Waals surface area contributed by atoms with Gasteiger partial charge in [0.15, 0.2) is 16.4 Å². The fourth-order valence-electron chi connectivity index (χ4n) is 2.84. The van der Waals surface area contributed by atoms with E-state index < -0.39 is 15.8 Å². The molecular formula is C18H25NO5S. The number of hydrogen-bond donors (Lipinski definition) is 0. The summed E-state index contributed by atoms with van der Waals surface area (Å²) < 4.78 is 28.4. The Bertz CT molecular complexity index is 734. The van der Waals surface area contributed by atoms with Crippen LogP contribution in [0.25, 0.3) is 0 Å². The molecular weight excluding hydrogens is 342 g/mol. The first-order valence-electron chi connectivity index (χ1n) is 8.54. The van der Waals surface area contributed by atoms with Gasteiger partial charge in [0.1, 0.15) is 0 Å². The SMILES string of the molecule is Cc1ccc(S(C)(=O)=O)cc1C(=O)OCC(=O)N1CCCCCCC1. The molecule has 7 heteroatoms. The van der Waals surface area contributed by atoms with Crippen molar-refractivity contribution in [1.82, 2.24) is 4.90 Å². The quantitative estimate of drug-likeness (QED) is 0.763. The monoisotopic (exact) mass is 367 g/mol. The smallest absolute Gasteiger partial charge is 0.338 e. The molecule has 0 radical (unpaired) electrons. The van der Waals surface area contributed by atoms with E-state index in [4.69, 9.17) is 4.74 Å². The van der Waals surface area contributed by atoms with Crippen LogP contribution in [0.3, 0.4) is 0 Å². The molecule has 138 valence electrons. The number of amides is 1. The van der Waals surface area contributed by atoms with Crippen LogP contribution in [-0.4, -0.2) is 51.1 Å². The highest BCUT2D eigenvalue weighted by Gasteiger charge is 2.19. The van der Waals surface area contributed by atoms with Crippen molar-refractivity contribution in [2.45, 2.75) is 43.9 Å². The molecule has 1 heterocycles. The predicted molar refractivity (Wildman–Crippen MR) is 94.2 cm³/mol. The van der Waals surface area contributed by atoms with Crippen molar-refractivity contribution in [3.05, 3.63) is 29.3 Å². The number of likely N-dealkylation sites (tertiary alicyclic amines) is 1. The average molecular weight is 367 g/mol. The molecule has 1 saturated heterocycles. The first-order valence-corrected chi connectivity index (χ1v) is 10.4. The summed E-state index contributed by atoms with van der Waals surface area (Å²) >= 11 is 0. The number of nitrogens with zero attached hydrogens (tertiary/aromatic N) is 1. The van der Waals surface area contributed by atoms with Gasteiger partial charge in [-0.05, 0) is 37.5 Å². The number of esters is 1. The minimum Gasteiger partial charge on any atom is -0.452 e. The molecule has 1 amide bonds. The van der Waals surface area contributed by atoms with Gasteiger partial charge in [-0.1, -0.05) is 25.3 Å². The number of aryl methyl sites for hydroxylation is 1. The van der Waals surface area contributed by atoms with E-state index in [-0.39, 0.29) is 23.0 Å². The summed E-state index contributed by atoms with van der Waals surface area (Å²) in [6.45, 7) is 2.77. The lowest BCUT2D eigenvalue weighted by atomic mass is 10.1. The van der Waals surface area contributed by atoms with Crippen molar-refractivity contribution in [2.24, 2.45) is 0 Å². The Morgan fingerprint density at radius 3 is 2.28 bits per heavy atom. The highest BCUT2D eigenvalue weighted by atomic mass is 32.2. The molecule has 0 aliphatic carbocycles. The maximum Gasteiger partial charge on any atom is 0.338 e. The second-order valence-electron chi connectivity index (χ2n) is 6.47. The Morgan fingerprint density at radius 2 is 1.68 bits per heavy atom. The number of carbonyl (C=O) groups is 2. The Balaban J connectivity index is 2.01. The molecule has 0 saturated carbocycles. The summed E-state index contributed by atoms with van der Waals surface area (Å²) in [5.41, 5.74) is 0.777. The van der Waals surface area contributed by atoms with E-state index >= 15 is 0 Å². The standard InChI is InChI=1S/C18H25NO5S/c1-14-8-9-15(25(2,22)23)12-16(14)18(21)24-13-17(20)19-10-6-4-3-5-7-11-19/h8-9,12H,3-7,10-11,13H2,1-2H3. The predicted octanol–water partition coefficient (Wildman–Crippen LogP) is 2.35. The van der Waals surface area contributed by atoms with Gasteiger partial charge in [0.25, 0.3) is 5.91 Å². The van der Waals surface area contributed by atoms with Gasteiger partial charge >= 0.3 is 5.97 Å². The summed E-state index contributed by atoms with van der Waals surface area (Å²) in [6.07, 6.45) is 6.44. The largest absolute Gasteiger partial charge is 0.452 e. The first kappa shape index (κ1) is 19.4. The van der Waals surface area contributed by atoms with E-state index in [0.717, 1.165) is 31.9 Å². The molecule has 1 aromatic carbocycles. The third-order valence-electron chi connectivity index (χ3n) is 4.39. The zero-order chi connectivity index (χ0) is 18.4. The van der Waals surface area contributed by atoms with Gasteiger partial charge in [-0.15, -0.1) is 0 Å². The van der Waals surface area contributed by atoms with E-state index in [2.05, 4.69) is 0 Å². The lowest BCUT2D eigenvalue weighted by molar-refractivity contribution is -0.134. The van der Waals surface area contributed by atoms with Gasteiger partial charge in [0, 0.05) is 19.3 Å². The van der Waals surface area contributed by atoms with Crippen molar-refractivity contribution in [3.63, 3.8) is 0 Å². The highest BCUT2D eigenvalue weighted by molar-refractivity contribution is 7.90. The van der Waals surface area contributed by atoms with Gasteiger partial charge in [-0.3, -0.25) is 4.79 Å². The molecule has 0 spiro atoms. The number of carbonyl (C=O) groups excluding carboxylic acids is 2. The van der Waals surface area contributed by atoms with Gasteiger partial charge in [0.05, 0.1) is 10.5 Å². The van der Waals surface area contributed by atoms with Crippen LogP contribution in [0.5, 0.6) is 0 Å². The van der Waals surface area contributed by atoms with Crippen molar-refractivity contribution in [1.29, 1.82) is 0 Å². The van der Waals surface area contributed by atoms with Gasteiger partial charge in [-0.2, -0.15) is 0 Å². The molecule has 1 fully saturated rings. The first-order chi connectivity index (χ1) is 11.8. The molecule has 0 N–H and O–H groups in total. The summed E-state index contributed by atoms with van der Waals surface area (Å²) in [5.74, 6) is -0.879. The summed E-state index contributed by atoms with van der Waals surface area (Å²) in [7, 11) is -3.41. The highest BCUT2D eigenvalue weighted by Crippen LogP contribution is 2.17. The van der Waals surface area contributed by atoms with E-state index in [1.807, 2.05) is 0 Å². The van der Waals surface area contributed by atoms with Crippen LogP contribution in [-0.2, 0) is 19.4 Å². The Hall–Kier alpha value is -1.89. The number of sulfone groups is 1. The average Bonchev–Trinajstić information content (AvgIpc) is 2.51. The van der Waals surface area contributed by atoms with Crippen LogP contribution in [0, 0.1) is 6.92 Å². The molecule has 1 aliphatic rings. The molecule has 1 aromatic rings. The van der Waals surface area contributed by atoms with E-state index in [0.29, 0.717) is 18.7 Å². The van der Waals surface area contributed by atoms with Crippen LogP contribution in [0.4, 0.5) is 0 Å². The van der Waals surface area contributed by atoms with Crippen LogP contribution < -0.4 is 0 Å². The minimum atomic E-state index is -3.41. The Labute approximate surface area is 149 Å². The summed E-state index contributed by atoms with van der Waals surface area (Å²) in [6, 6.07) is 4.31. The third-order valence-corrected chi connectivity index (χ3v) is 5.50. The number of ether oxygens (including phenoxy) is 1. The molecule has 6 nitrogen and oxygen atoms in total. The zero-order valence-corrected chi connectivity index (χ0v) is 15.6. The van der Waals surface area contributed by atoms with Crippen molar-refractivity contribution >= 4 is 21.7 Å². The number of rotatable bonds is 4. The third kappa shape index (κ3) is 5.56. The van der Waals surface area contributed by atoms with E-state index in [1.165, 1.54) is 18.6 Å². The second kappa shape index (κ2) is 8.47. The van der Waals surface area contributed by atoms with Crippen molar-refractivity contribution in [2.75, 3.05) is 26.0 Å². The van der Waals surface area contributed by atoms with Crippen molar-refractivity contribution < 1.29 is 22.7 Å².